The number of hydrogen-bond donors (Lipinski definition) is 2. The summed E-state index contributed by atoms with van der Waals surface area (Å²) in [4.78, 5) is 23.3. The van der Waals surface area contributed by atoms with Crippen molar-refractivity contribution < 1.29 is 19.8 Å². The van der Waals surface area contributed by atoms with E-state index in [1.165, 1.54) is 0 Å². The number of hydrogen-bond acceptors (Lipinski definition) is 2. The lowest BCUT2D eigenvalue weighted by atomic mass is 9.58. The normalized spacial score (nSPS) is 39.6. The lowest BCUT2D eigenvalue weighted by molar-refractivity contribution is -0.161. The summed E-state index contributed by atoms with van der Waals surface area (Å²) in [6.07, 6.45) is 5.99. The zero-order valence-corrected chi connectivity index (χ0v) is 10.8. The molecule has 2 aliphatic rings. The Bertz CT molecular complexity index is 410. The molecule has 0 aliphatic heterocycles. The van der Waals surface area contributed by atoms with E-state index in [1.807, 2.05) is 13.8 Å². The second kappa shape index (κ2) is 4.11. The van der Waals surface area contributed by atoms with Crippen LogP contribution in [0.1, 0.15) is 39.5 Å². The van der Waals surface area contributed by atoms with Gasteiger partial charge in [-0.05, 0) is 37.5 Å². The van der Waals surface area contributed by atoms with Crippen molar-refractivity contribution in [2.45, 2.75) is 39.5 Å². The highest BCUT2D eigenvalue weighted by atomic mass is 16.4. The molecule has 18 heavy (non-hydrogen) atoms. The number of carboxylic acid groups (broad SMARTS) is 2. The predicted octanol–water partition coefficient (Wildman–Crippen LogP) is 2.54. The number of carbonyl (C=O) groups is 2. The highest BCUT2D eigenvalue weighted by Crippen LogP contribution is 2.59. The molecular weight excluding hydrogens is 232 g/mol. The number of carboxylic acids is 2. The molecule has 0 aromatic heterocycles. The minimum Gasteiger partial charge on any atom is -0.481 e. The van der Waals surface area contributed by atoms with Crippen molar-refractivity contribution in [2.75, 3.05) is 0 Å². The Morgan fingerprint density at radius 2 is 1.89 bits per heavy atom. The first-order valence-electron chi connectivity index (χ1n) is 6.55. The zero-order chi connectivity index (χ0) is 13.6. The largest absolute Gasteiger partial charge is 0.481 e. The van der Waals surface area contributed by atoms with Crippen LogP contribution in [-0.4, -0.2) is 22.2 Å². The fraction of sp³-hybridized carbons (Fsp3) is 0.714. The molecule has 4 nitrogen and oxygen atoms in total. The van der Waals surface area contributed by atoms with Crippen LogP contribution in [0.25, 0.3) is 0 Å². The second-order valence-electron chi connectivity index (χ2n) is 5.76. The van der Waals surface area contributed by atoms with E-state index in [4.69, 9.17) is 0 Å². The van der Waals surface area contributed by atoms with E-state index in [-0.39, 0.29) is 18.3 Å². The Kier molecular flexibility index (Phi) is 2.99. The summed E-state index contributed by atoms with van der Waals surface area (Å²) < 4.78 is 0. The predicted molar refractivity (Wildman–Crippen MR) is 66.1 cm³/mol. The van der Waals surface area contributed by atoms with Gasteiger partial charge < -0.3 is 10.2 Å². The molecule has 0 saturated heterocycles. The summed E-state index contributed by atoms with van der Waals surface area (Å²) in [5.41, 5.74) is -1.89. The van der Waals surface area contributed by atoms with E-state index < -0.39 is 22.8 Å². The van der Waals surface area contributed by atoms with E-state index in [1.54, 1.807) is 12.2 Å². The monoisotopic (exact) mass is 252 g/mol. The molecule has 2 rings (SSSR count). The van der Waals surface area contributed by atoms with E-state index >= 15 is 0 Å². The van der Waals surface area contributed by atoms with E-state index in [0.29, 0.717) is 6.42 Å². The SMILES string of the molecule is CCC1(C(=O)O)C=CC(C)C(C(=O)O)(C2CC2)C1. The van der Waals surface area contributed by atoms with Crippen LogP contribution in [0.3, 0.4) is 0 Å². The van der Waals surface area contributed by atoms with Gasteiger partial charge in [-0.2, -0.15) is 0 Å². The third-order valence-electron chi connectivity index (χ3n) is 4.89. The van der Waals surface area contributed by atoms with Crippen LogP contribution in [0.4, 0.5) is 0 Å². The lowest BCUT2D eigenvalue weighted by Crippen LogP contribution is -2.48. The Morgan fingerprint density at radius 1 is 1.28 bits per heavy atom. The van der Waals surface area contributed by atoms with Gasteiger partial charge in [0.05, 0.1) is 10.8 Å². The van der Waals surface area contributed by atoms with Crippen LogP contribution < -0.4 is 0 Å². The van der Waals surface area contributed by atoms with Crippen molar-refractivity contribution in [1.82, 2.24) is 0 Å². The minimum atomic E-state index is -1.01. The molecule has 1 saturated carbocycles. The van der Waals surface area contributed by atoms with Gasteiger partial charge in [0.15, 0.2) is 0 Å². The van der Waals surface area contributed by atoms with Gasteiger partial charge in [-0.3, -0.25) is 9.59 Å². The molecule has 3 unspecified atom stereocenters. The number of rotatable bonds is 4. The number of allylic oxidation sites excluding steroid dienone is 1. The van der Waals surface area contributed by atoms with Gasteiger partial charge in [0.1, 0.15) is 0 Å². The van der Waals surface area contributed by atoms with Crippen LogP contribution in [-0.2, 0) is 9.59 Å². The minimum absolute atomic E-state index is 0.0958. The van der Waals surface area contributed by atoms with Gasteiger partial charge in [-0.1, -0.05) is 26.0 Å². The van der Waals surface area contributed by atoms with E-state index in [0.717, 1.165) is 12.8 Å². The quantitative estimate of drug-likeness (QED) is 0.754. The van der Waals surface area contributed by atoms with Crippen molar-refractivity contribution in [2.24, 2.45) is 22.7 Å². The highest BCUT2D eigenvalue weighted by Gasteiger charge is 2.59. The molecule has 0 bridgehead atoms. The van der Waals surface area contributed by atoms with Crippen LogP contribution in [0, 0.1) is 22.7 Å². The third kappa shape index (κ3) is 1.66. The fourth-order valence-electron chi connectivity index (χ4n) is 3.34. The van der Waals surface area contributed by atoms with Gasteiger partial charge in [0, 0.05) is 0 Å². The molecule has 0 heterocycles. The maximum Gasteiger partial charge on any atom is 0.313 e. The van der Waals surface area contributed by atoms with Crippen molar-refractivity contribution in [3.05, 3.63) is 12.2 Å². The Balaban J connectivity index is 2.46. The average Bonchev–Trinajstić information content (AvgIpc) is 3.13. The molecule has 0 spiro atoms. The molecule has 4 heteroatoms. The molecule has 100 valence electrons. The molecule has 0 amide bonds. The maximum absolute atomic E-state index is 11.8. The summed E-state index contributed by atoms with van der Waals surface area (Å²) in [7, 11) is 0. The van der Waals surface area contributed by atoms with Gasteiger partial charge in [-0.15, -0.1) is 0 Å². The molecule has 2 aliphatic carbocycles. The van der Waals surface area contributed by atoms with E-state index in [9.17, 15) is 19.8 Å². The molecule has 2 N–H and O–H groups in total. The van der Waals surface area contributed by atoms with Crippen LogP contribution in [0.15, 0.2) is 12.2 Å². The van der Waals surface area contributed by atoms with Gasteiger partial charge in [0.25, 0.3) is 0 Å². The van der Waals surface area contributed by atoms with Gasteiger partial charge >= 0.3 is 11.9 Å². The number of aliphatic carboxylic acids is 2. The zero-order valence-electron chi connectivity index (χ0n) is 10.8. The lowest BCUT2D eigenvalue weighted by Gasteiger charge is -2.43. The van der Waals surface area contributed by atoms with Crippen molar-refractivity contribution in [1.29, 1.82) is 0 Å². The van der Waals surface area contributed by atoms with Crippen molar-refractivity contribution >= 4 is 11.9 Å². The summed E-state index contributed by atoms with van der Waals surface area (Å²) in [5.74, 6) is -1.69. The van der Waals surface area contributed by atoms with Crippen molar-refractivity contribution in [3.8, 4) is 0 Å². The molecule has 1 fully saturated rings. The van der Waals surface area contributed by atoms with Crippen LogP contribution >= 0.6 is 0 Å². The van der Waals surface area contributed by atoms with Gasteiger partial charge in [0.2, 0.25) is 0 Å². The molecule has 3 atom stereocenters. The van der Waals surface area contributed by atoms with Gasteiger partial charge in [-0.25, -0.2) is 0 Å². The van der Waals surface area contributed by atoms with Crippen molar-refractivity contribution in [3.63, 3.8) is 0 Å². The average molecular weight is 252 g/mol. The van der Waals surface area contributed by atoms with Crippen LogP contribution in [0.5, 0.6) is 0 Å². The highest BCUT2D eigenvalue weighted by molar-refractivity contribution is 5.82. The molecular formula is C14H20O4. The summed E-state index contributed by atoms with van der Waals surface area (Å²) >= 11 is 0. The first-order valence-corrected chi connectivity index (χ1v) is 6.55. The summed E-state index contributed by atoms with van der Waals surface area (Å²) in [5, 5.41) is 19.1. The Hall–Kier alpha value is -1.32. The third-order valence-corrected chi connectivity index (χ3v) is 4.89. The summed E-state index contributed by atoms with van der Waals surface area (Å²) in [6, 6.07) is 0. The van der Waals surface area contributed by atoms with Crippen LogP contribution in [0.2, 0.25) is 0 Å². The standard InChI is InChI=1S/C14H20O4/c1-3-13(11(15)16)7-6-9(2)14(8-13,12(17)18)10-4-5-10/h6-7,9-10H,3-5,8H2,1-2H3,(H,15,16)(H,17,18). The first-order chi connectivity index (χ1) is 8.39. The van der Waals surface area contributed by atoms with E-state index in [2.05, 4.69) is 0 Å². The Labute approximate surface area is 107 Å². The smallest absolute Gasteiger partial charge is 0.313 e. The second-order valence-corrected chi connectivity index (χ2v) is 5.76. The fourth-order valence-corrected chi connectivity index (χ4v) is 3.34. The molecule has 0 aromatic carbocycles. The first kappa shape index (κ1) is 13.1. The maximum atomic E-state index is 11.8. The molecule has 0 aromatic rings. The topological polar surface area (TPSA) is 74.6 Å². The molecule has 0 radical (unpaired) electrons. The Morgan fingerprint density at radius 3 is 2.28 bits per heavy atom. The summed E-state index contributed by atoms with van der Waals surface area (Å²) in [6.45, 7) is 3.71.